The van der Waals surface area contributed by atoms with Crippen molar-refractivity contribution in [1.82, 2.24) is 0 Å². The number of carbonyl (C=O) groups is 1. The number of aliphatic hydroxyl groups excluding tert-OH is 1. The maximum Gasteiger partial charge on any atom is 0.305 e. The van der Waals surface area contributed by atoms with Crippen LogP contribution in [0.5, 0.6) is 0 Å². The highest BCUT2D eigenvalue weighted by molar-refractivity contribution is 5.69. The van der Waals surface area contributed by atoms with Gasteiger partial charge in [0.1, 0.15) is 0 Å². The number of carbonyl (C=O) groups excluding carboxylic acids is 1. The van der Waals surface area contributed by atoms with Gasteiger partial charge in [-0.15, -0.1) is 0 Å². The van der Waals surface area contributed by atoms with Gasteiger partial charge in [0.05, 0.1) is 13.2 Å². The Labute approximate surface area is 108 Å². The van der Waals surface area contributed by atoms with Crippen molar-refractivity contribution in [1.29, 1.82) is 0 Å². The number of hydrogen-bond acceptors (Lipinski definition) is 4. The molecule has 0 aromatic heterocycles. The van der Waals surface area contributed by atoms with E-state index in [0.717, 1.165) is 5.69 Å². The van der Waals surface area contributed by atoms with Crippen molar-refractivity contribution in [2.75, 3.05) is 25.6 Å². The fraction of sp³-hybridized carbons (Fsp3) is 0.500. The maximum atomic E-state index is 11.0. The van der Waals surface area contributed by atoms with Crippen LogP contribution in [-0.2, 0) is 9.53 Å². The average molecular weight is 251 g/mol. The summed E-state index contributed by atoms with van der Waals surface area (Å²) in [6, 6.07) is 8.08. The molecule has 4 nitrogen and oxygen atoms in total. The lowest BCUT2D eigenvalue weighted by atomic mass is 10.1. The quantitative estimate of drug-likeness (QED) is 0.782. The molecule has 0 aliphatic carbocycles. The second kappa shape index (κ2) is 7.01. The number of benzene rings is 1. The van der Waals surface area contributed by atoms with Gasteiger partial charge in [-0.2, -0.15) is 0 Å². The Balaban J connectivity index is 2.44. The minimum atomic E-state index is -0.533. The average Bonchev–Trinajstić information content (AvgIpc) is 2.35. The molecule has 0 saturated carbocycles. The second-order valence-corrected chi connectivity index (χ2v) is 4.49. The van der Waals surface area contributed by atoms with Crippen LogP contribution in [0.3, 0.4) is 0 Å². The molecule has 18 heavy (non-hydrogen) atoms. The molecule has 1 aromatic carbocycles. The number of nitrogens with zero attached hydrogens (tertiary/aromatic N) is 1. The normalized spacial score (nSPS) is 12.0. The third kappa shape index (κ3) is 4.75. The molecular weight excluding hydrogens is 230 g/mol. The topological polar surface area (TPSA) is 49.8 Å². The third-order valence-electron chi connectivity index (χ3n) is 2.84. The minimum Gasteiger partial charge on any atom is -0.469 e. The van der Waals surface area contributed by atoms with Crippen LogP contribution in [0.2, 0.25) is 0 Å². The summed E-state index contributed by atoms with van der Waals surface area (Å²) < 4.78 is 4.54. The summed E-state index contributed by atoms with van der Waals surface area (Å²) in [7, 11) is 3.28. The van der Waals surface area contributed by atoms with Crippen LogP contribution in [-0.4, -0.2) is 37.9 Å². The number of rotatable bonds is 6. The monoisotopic (exact) mass is 251 g/mol. The van der Waals surface area contributed by atoms with Gasteiger partial charge in [0.2, 0.25) is 0 Å². The number of aliphatic hydroxyl groups is 1. The van der Waals surface area contributed by atoms with Gasteiger partial charge in [0, 0.05) is 25.7 Å². The van der Waals surface area contributed by atoms with Crippen LogP contribution in [0.4, 0.5) is 5.69 Å². The largest absolute Gasteiger partial charge is 0.469 e. The van der Waals surface area contributed by atoms with Gasteiger partial charge in [-0.3, -0.25) is 4.79 Å². The predicted molar refractivity (Wildman–Crippen MR) is 71.7 cm³/mol. The van der Waals surface area contributed by atoms with Crippen molar-refractivity contribution in [2.24, 2.45) is 0 Å². The molecular formula is C14H21NO3. The fourth-order valence-corrected chi connectivity index (χ4v) is 1.76. The number of hydrogen-bond donors (Lipinski definition) is 1. The van der Waals surface area contributed by atoms with E-state index >= 15 is 0 Å². The molecule has 1 rings (SSSR count). The summed E-state index contributed by atoms with van der Waals surface area (Å²) >= 11 is 0. The minimum absolute atomic E-state index is 0.249. The first kappa shape index (κ1) is 14.5. The lowest BCUT2D eigenvalue weighted by Gasteiger charge is -2.22. The number of likely N-dealkylation sites (N-methyl/N-ethyl adjacent to an activating group) is 1. The standard InChI is InChI=1S/C14H21NO3/c1-11-5-4-6-12(9-11)15(2)10-13(16)7-8-14(17)18-3/h4-6,9,13,16H,7-8,10H2,1-3H3. The molecule has 100 valence electrons. The SMILES string of the molecule is COC(=O)CCC(O)CN(C)c1cccc(C)c1. The van der Waals surface area contributed by atoms with Crippen LogP contribution in [0.1, 0.15) is 18.4 Å². The Bertz CT molecular complexity index is 392. The lowest BCUT2D eigenvalue weighted by Crippen LogP contribution is -2.29. The molecule has 0 spiro atoms. The summed E-state index contributed by atoms with van der Waals surface area (Å²) in [6.07, 6.45) is 0.136. The Hall–Kier alpha value is -1.55. The highest BCUT2D eigenvalue weighted by Crippen LogP contribution is 2.15. The molecule has 0 radical (unpaired) electrons. The lowest BCUT2D eigenvalue weighted by molar-refractivity contribution is -0.141. The van der Waals surface area contributed by atoms with E-state index in [0.29, 0.717) is 13.0 Å². The Kier molecular flexibility index (Phi) is 5.65. The number of methoxy groups -OCH3 is 1. The zero-order valence-corrected chi connectivity index (χ0v) is 11.2. The predicted octanol–water partition coefficient (Wildman–Crippen LogP) is 1.75. The van der Waals surface area contributed by atoms with Crippen LogP contribution in [0.25, 0.3) is 0 Å². The number of ether oxygens (including phenoxy) is 1. The van der Waals surface area contributed by atoms with Gasteiger partial charge in [0.25, 0.3) is 0 Å². The number of anilines is 1. The zero-order chi connectivity index (χ0) is 13.5. The van der Waals surface area contributed by atoms with Gasteiger partial charge >= 0.3 is 5.97 Å². The maximum absolute atomic E-state index is 11.0. The number of esters is 1. The molecule has 1 unspecified atom stereocenters. The highest BCUT2D eigenvalue weighted by Gasteiger charge is 2.11. The van der Waals surface area contributed by atoms with Gasteiger partial charge in [-0.05, 0) is 31.0 Å². The first-order valence-electron chi connectivity index (χ1n) is 6.05. The molecule has 0 saturated heterocycles. The molecule has 0 amide bonds. The van der Waals surface area contributed by atoms with E-state index in [-0.39, 0.29) is 12.4 Å². The van der Waals surface area contributed by atoms with Crippen molar-refractivity contribution in [2.45, 2.75) is 25.9 Å². The van der Waals surface area contributed by atoms with Gasteiger partial charge < -0.3 is 14.7 Å². The van der Waals surface area contributed by atoms with Gasteiger partial charge in [-0.25, -0.2) is 0 Å². The highest BCUT2D eigenvalue weighted by atomic mass is 16.5. The van der Waals surface area contributed by atoms with Crippen molar-refractivity contribution in [3.8, 4) is 0 Å². The summed E-state index contributed by atoms with van der Waals surface area (Å²) in [5, 5.41) is 9.85. The molecule has 0 aliphatic heterocycles. The van der Waals surface area contributed by atoms with Crippen LogP contribution >= 0.6 is 0 Å². The molecule has 1 atom stereocenters. The van der Waals surface area contributed by atoms with Crippen LogP contribution in [0, 0.1) is 6.92 Å². The molecule has 0 heterocycles. The zero-order valence-electron chi connectivity index (χ0n) is 11.2. The Morgan fingerprint density at radius 3 is 2.83 bits per heavy atom. The first-order chi connectivity index (χ1) is 8.52. The molecule has 0 aliphatic rings. The molecule has 0 fully saturated rings. The van der Waals surface area contributed by atoms with E-state index in [2.05, 4.69) is 10.8 Å². The van der Waals surface area contributed by atoms with Crippen molar-refractivity contribution in [3.63, 3.8) is 0 Å². The number of aryl methyl sites for hydroxylation is 1. The third-order valence-corrected chi connectivity index (χ3v) is 2.84. The smallest absolute Gasteiger partial charge is 0.305 e. The Morgan fingerprint density at radius 1 is 1.50 bits per heavy atom. The molecule has 0 bridgehead atoms. The van der Waals surface area contributed by atoms with E-state index in [4.69, 9.17) is 0 Å². The van der Waals surface area contributed by atoms with E-state index in [1.165, 1.54) is 12.7 Å². The summed E-state index contributed by atoms with van der Waals surface area (Å²) in [6.45, 7) is 2.53. The van der Waals surface area contributed by atoms with Crippen molar-refractivity contribution < 1.29 is 14.6 Å². The first-order valence-corrected chi connectivity index (χ1v) is 6.05. The fourth-order valence-electron chi connectivity index (χ4n) is 1.76. The van der Waals surface area contributed by atoms with E-state index in [9.17, 15) is 9.90 Å². The summed E-state index contributed by atoms with van der Waals surface area (Å²) in [5.41, 5.74) is 2.25. The van der Waals surface area contributed by atoms with Crippen molar-refractivity contribution in [3.05, 3.63) is 29.8 Å². The summed E-state index contributed by atoms with van der Waals surface area (Å²) in [5.74, 6) is -0.285. The molecule has 4 heteroatoms. The Morgan fingerprint density at radius 2 is 2.22 bits per heavy atom. The molecule has 1 aromatic rings. The van der Waals surface area contributed by atoms with Gasteiger partial charge in [-0.1, -0.05) is 12.1 Å². The van der Waals surface area contributed by atoms with Crippen LogP contribution in [0.15, 0.2) is 24.3 Å². The molecule has 1 N–H and O–H groups in total. The van der Waals surface area contributed by atoms with E-state index < -0.39 is 6.10 Å². The van der Waals surface area contributed by atoms with Crippen molar-refractivity contribution >= 4 is 11.7 Å². The van der Waals surface area contributed by atoms with E-state index in [1.807, 2.05) is 37.1 Å². The van der Waals surface area contributed by atoms with Crippen LogP contribution < -0.4 is 4.90 Å². The summed E-state index contributed by atoms with van der Waals surface area (Å²) in [4.78, 5) is 13.0. The van der Waals surface area contributed by atoms with Gasteiger partial charge in [0.15, 0.2) is 0 Å². The second-order valence-electron chi connectivity index (χ2n) is 4.49. The van der Waals surface area contributed by atoms with E-state index in [1.54, 1.807) is 0 Å².